The van der Waals surface area contributed by atoms with Gasteiger partial charge in [-0.05, 0) is 67.4 Å². The number of hydrogen-bond acceptors (Lipinski definition) is 5. The van der Waals surface area contributed by atoms with Crippen LogP contribution in [0.25, 0.3) is 28.2 Å². The highest BCUT2D eigenvalue weighted by molar-refractivity contribution is 9.10. The molecule has 1 saturated heterocycles. The first-order chi connectivity index (χ1) is 16.3. The maximum Gasteiger partial charge on any atom is 0.213 e. The largest absolute Gasteiger partial charge is 0.378 e. The van der Waals surface area contributed by atoms with Crippen molar-refractivity contribution in [2.45, 2.75) is 33.2 Å². The van der Waals surface area contributed by atoms with Gasteiger partial charge in [0.05, 0.1) is 15.9 Å². The first kappa shape index (κ1) is 23.1. The molecule has 177 valence electrons. The molecule has 4 aromatic rings. The average Bonchev–Trinajstić information content (AvgIpc) is 3.54. The molecule has 1 atom stereocenters. The van der Waals surface area contributed by atoms with E-state index in [-0.39, 0.29) is 11.8 Å². The third-order valence-electron chi connectivity index (χ3n) is 6.37. The predicted molar refractivity (Wildman–Crippen MR) is 138 cm³/mol. The first-order valence-electron chi connectivity index (χ1n) is 11.2. The number of benzene rings is 1. The van der Waals surface area contributed by atoms with E-state index in [0.717, 1.165) is 50.6 Å². The van der Waals surface area contributed by atoms with Gasteiger partial charge in [-0.15, -0.1) is 0 Å². The highest BCUT2D eigenvalue weighted by atomic mass is 79.9. The van der Waals surface area contributed by atoms with Crippen molar-refractivity contribution < 1.29 is 8.42 Å². The SMILES string of the molecule is CCS(=O)(=O)N1CC[C@H](Nc2c(Br)cnc3nc(-c4cc(C)n(-c5c[c]ccc5)c4C)[nH]c23)C1. The monoisotopic (exact) mass is 541 g/mol. The van der Waals surface area contributed by atoms with Crippen LogP contribution in [0, 0.1) is 19.9 Å². The number of aromatic amines is 1. The van der Waals surface area contributed by atoms with E-state index in [1.165, 1.54) is 0 Å². The van der Waals surface area contributed by atoms with E-state index in [9.17, 15) is 8.42 Å². The third kappa shape index (κ3) is 4.03. The molecule has 10 heteroatoms. The van der Waals surface area contributed by atoms with Gasteiger partial charge in [0.2, 0.25) is 10.0 Å². The van der Waals surface area contributed by atoms with Gasteiger partial charge < -0.3 is 14.9 Å². The number of imidazole rings is 1. The third-order valence-corrected chi connectivity index (χ3v) is 8.82. The van der Waals surface area contributed by atoms with E-state index in [0.29, 0.717) is 18.7 Å². The highest BCUT2D eigenvalue weighted by Crippen LogP contribution is 2.34. The van der Waals surface area contributed by atoms with Crippen LogP contribution in [-0.2, 0) is 10.0 Å². The van der Waals surface area contributed by atoms with Crippen LogP contribution < -0.4 is 5.32 Å². The molecule has 1 aliphatic heterocycles. The fraction of sp³-hybridized carbons (Fsp3) is 0.333. The highest BCUT2D eigenvalue weighted by Gasteiger charge is 2.31. The number of hydrogen-bond donors (Lipinski definition) is 2. The number of nitrogens with one attached hydrogen (secondary N) is 2. The average molecular weight is 542 g/mol. The number of anilines is 1. The standard InChI is InChI=1S/C24H26BrN6O2S/c1-4-34(32,33)30-11-10-17(14-30)27-21-20(25)13-26-24-22(21)28-23(29-24)19-12-15(2)31(16(19)3)18-8-6-5-7-9-18/h5-6,8-9,12-13,17H,4,10-11,14H2,1-3H3,(H2,26,27,28,29)/t17-/m0/s1. The summed E-state index contributed by atoms with van der Waals surface area (Å²) < 4.78 is 29.1. The lowest BCUT2D eigenvalue weighted by Gasteiger charge is -2.17. The zero-order valence-corrected chi connectivity index (χ0v) is 21.7. The maximum atomic E-state index is 12.3. The Morgan fingerprint density at radius 1 is 1.35 bits per heavy atom. The van der Waals surface area contributed by atoms with Gasteiger partial charge in [0, 0.05) is 48.0 Å². The number of aryl methyl sites for hydroxylation is 1. The van der Waals surface area contributed by atoms with Crippen molar-refractivity contribution in [3.05, 3.63) is 58.5 Å². The number of pyridine rings is 1. The van der Waals surface area contributed by atoms with Crippen LogP contribution in [0.3, 0.4) is 0 Å². The van der Waals surface area contributed by atoms with Crippen molar-refractivity contribution in [1.29, 1.82) is 0 Å². The molecule has 2 N–H and O–H groups in total. The topological polar surface area (TPSA) is 95.9 Å². The summed E-state index contributed by atoms with van der Waals surface area (Å²) in [6, 6.07) is 13.2. The van der Waals surface area contributed by atoms with E-state index < -0.39 is 10.0 Å². The van der Waals surface area contributed by atoms with Crippen molar-refractivity contribution in [3.8, 4) is 17.1 Å². The lowest BCUT2D eigenvalue weighted by atomic mass is 10.2. The minimum Gasteiger partial charge on any atom is -0.378 e. The lowest BCUT2D eigenvalue weighted by molar-refractivity contribution is 0.476. The van der Waals surface area contributed by atoms with Gasteiger partial charge in [0.25, 0.3) is 0 Å². The van der Waals surface area contributed by atoms with Gasteiger partial charge in [0.1, 0.15) is 11.3 Å². The number of rotatable bonds is 6. The Balaban J connectivity index is 1.50. The number of aromatic nitrogens is 4. The minimum absolute atomic E-state index is 0.00868. The van der Waals surface area contributed by atoms with Crippen LogP contribution in [0.2, 0.25) is 0 Å². The molecule has 8 nitrogen and oxygen atoms in total. The second-order valence-electron chi connectivity index (χ2n) is 8.54. The molecule has 0 bridgehead atoms. The Bertz CT molecular complexity index is 1460. The second-order valence-corrected chi connectivity index (χ2v) is 11.6. The van der Waals surface area contributed by atoms with Crippen LogP contribution in [0.4, 0.5) is 5.69 Å². The first-order valence-corrected chi connectivity index (χ1v) is 13.6. The van der Waals surface area contributed by atoms with Crippen molar-refractivity contribution in [1.82, 2.24) is 23.8 Å². The number of halogens is 1. The smallest absolute Gasteiger partial charge is 0.213 e. The summed E-state index contributed by atoms with van der Waals surface area (Å²) in [7, 11) is -3.19. The number of H-pyrrole nitrogens is 1. The van der Waals surface area contributed by atoms with Gasteiger partial charge in [-0.2, -0.15) is 4.31 Å². The van der Waals surface area contributed by atoms with E-state index >= 15 is 0 Å². The van der Waals surface area contributed by atoms with Gasteiger partial charge in [-0.3, -0.25) is 0 Å². The molecular formula is C24H26BrN6O2S. The van der Waals surface area contributed by atoms with Crippen LogP contribution in [-0.4, -0.2) is 57.1 Å². The van der Waals surface area contributed by atoms with E-state index in [1.807, 2.05) is 18.2 Å². The molecule has 0 saturated carbocycles. The summed E-state index contributed by atoms with van der Waals surface area (Å²) in [4.78, 5) is 12.7. The molecule has 34 heavy (non-hydrogen) atoms. The zero-order chi connectivity index (χ0) is 24.0. The maximum absolute atomic E-state index is 12.3. The zero-order valence-electron chi connectivity index (χ0n) is 19.3. The van der Waals surface area contributed by atoms with E-state index in [2.05, 4.69) is 67.8 Å². The van der Waals surface area contributed by atoms with Crippen LogP contribution in [0.5, 0.6) is 0 Å². The molecule has 0 spiro atoms. The number of fused-ring (bicyclic) bond motifs is 1. The summed E-state index contributed by atoms with van der Waals surface area (Å²) in [5, 5.41) is 3.53. The molecule has 0 unspecified atom stereocenters. The van der Waals surface area contributed by atoms with Crippen molar-refractivity contribution in [2.24, 2.45) is 0 Å². The van der Waals surface area contributed by atoms with Gasteiger partial charge >= 0.3 is 0 Å². The Kier molecular flexibility index (Phi) is 5.99. The Hall–Kier alpha value is -2.69. The van der Waals surface area contributed by atoms with E-state index in [1.54, 1.807) is 17.4 Å². The van der Waals surface area contributed by atoms with Gasteiger partial charge in [-0.1, -0.05) is 12.1 Å². The molecule has 1 aromatic carbocycles. The summed E-state index contributed by atoms with van der Waals surface area (Å²) >= 11 is 3.61. The summed E-state index contributed by atoms with van der Waals surface area (Å²) in [5.41, 5.74) is 6.46. The fourth-order valence-electron chi connectivity index (χ4n) is 4.61. The molecule has 3 aromatic heterocycles. The van der Waals surface area contributed by atoms with E-state index in [4.69, 9.17) is 4.98 Å². The van der Waals surface area contributed by atoms with Crippen LogP contribution >= 0.6 is 15.9 Å². The fourth-order valence-corrected chi connectivity index (χ4v) is 6.18. The molecule has 1 radical (unpaired) electrons. The van der Waals surface area contributed by atoms with Gasteiger partial charge in [0.15, 0.2) is 5.65 Å². The molecule has 5 rings (SSSR count). The number of nitrogens with zero attached hydrogens (tertiary/aromatic N) is 4. The van der Waals surface area contributed by atoms with Crippen molar-refractivity contribution in [3.63, 3.8) is 0 Å². The quantitative estimate of drug-likeness (QED) is 0.376. The molecule has 1 aliphatic rings. The summed E-state index contributed by atoms with van der Waals surface area (Å²) in [6.45, 7) is 6.80. The minimum atomic E-state index is -3.19. The van der Waals surface area contributed by atoms with Crippen LogP contribution in [0.15, 0.2) is 41.0 Å². The summed E-state index contributed by atoms with van der Waals surface area (Å²) in [6.07, 6.45) is 2.47. The summed E-state index contributed by atoms with van der Waals surface area (Å²) in [5.74, 6) is 0.858. The molecule has 0 aliphatic carbocycles. The van der Waals surface area contributed by atoms with Crippen molar-refractivity contribution >= 4 is 42.8 Å². The Morgan fingerprint density at radius 3 is 2.91 bits per heavy atom. The normalized spacial score (nSPS) is 17.0. The molecule has 4 heterocycles. The molecular weight excluding hydrogens is 516 g/mol. The Labute approximate surface area is 207 Å². The van der Waals surface area contributed by atoms with Gasteiger partial charge in [-0.25, -0.2) is 18.4 Å². The molecule has 1 fully saturated rings. The lowest BCUT2D eigenvalue weighted by Crippen LogP contribution is -2.32. The second kappa shape index (κ2) is 8.83. The Morgan fingerprint density at radius 2 is 2.18 bits per heavy atom. The molecule has 0 amide bonds. The van der Waals surface area contributed by atoms with Crippen molar-refractivity contribution in [2.75, 3.05) is 24.2 Å². The van der Waals surface area contributed by atoms with Crippen LogP contribution in [0.1, 0.15) is 24.7 Å². The predicted octanol–water partition coefficient (Wildman–Crippen LogP) is 4.43. The number of sulfonamides is 1.